The maximum Gasteiger partial charge on any atom is 0.254 e. The molecule has 0 N–H and O–H groups in total. The zero-order valence-electron chi connectivity index (χ0n) is 11.2. The number of thiophene rings is 1. The van der Waals surface area contributed by atoms with Crippen LogP contribution in [0.5, 0.6) is 0 Å². The molecule has 0 aliphatic carbocycles. The molecular weight excluding hydrogens is 270 g/mol. The van der Waals surface area contributed by atoms with Crippen LogP contribution in [0.1, 0.15) is 15.9 Å². The van der Waals surface area contributed by atoms with Gasteiger partial charge in [-0.1, -0.05) is 30.3 Å². The molecule has 1 atom stereocenters. The lowest BCUT2D eigenvalue weighted by atomic mass is 10.1. The van der Waals surface area contributed by atoms with Gasteiger partial charge in [-0.2, -0.15) is 11.3 Å². The van der Waals surface area contributed by atoms with Gasteiger partial charge in [0, 0.05) is 24.9 Å². The first-order valence-corrected chi connectivity index (χ1v) is 7.74. The van der Waals surface area contributed by atoms with Crippen LogP contribution in [0.4, 0.5) is 0 Å². The number of carbonyl (C=O) groups excluding carboxylic acids is 1. The SMILES string of the molecule is O=C(c1ccsc1)N1CCO[C@@H](Cc2ccccc2)C1. The Labute approximate surface area is 122 Å². The topological polar surface area (TPSA) is 29.5 Å². The number of carbonyl (C=O) groups is 1. The summed E-state index contributed by atoms with van der Waals surface area (Å²) in [6.07, 6.45) is 0.947. The zero-order valence-corrected chi connectivity index (χ0v) is 12.0. The van der Waals surface area contributed by atoms with E-state index < -0.39 is 0 Å². The molecule has 104 valence electrons. The van der Waals surface area contributed by atoms with Crippen molar-refractivity contribution < 1.29 is 9.53 Å². The number of benzene rings is 1. The fourth-order valence-corrected chi connectivity index (χ4v) is 3.10. The van der Waals surface area contributed by atoms with Gasteiger partial charge >= 0.3 is 0 Å². The van der Waals surface area contributed by atoms with Crippen LogP contribution >= 0.6 is 11.3 Å². The standard InChI is InChI=1S/C16H17NO2S/c18-16(14-6-9-20-12-14)17-7-8-19-15(11-17)10-13-4-2-1-3-5-13/h1-6,9,12,15H,7-8,10-11H2/t15-/m0/s1. The summed E-state index contributed by atoms with van der Waals surface area (Å²) in [6, 6.07) is 12.2. The largest absolute Gasteiger partial charge is 0.374 e. The van der Waals surface area contributed by atoms with E-state index in [1.54, 1.807) is 11.3 Å². The molecule has 0 radical (unpaired) electrons. The second-order valence-electron chi connectivity index (χ2n) is 4.95. The molecule has 1 fully saturated rings. The molecule has 3 nitrogen and oxygen atoms in total. The number of amides is 1. The first kappa shape index (κ1) is 13.3. The Morgan fingerprint density at radius 3 is 2.90 bits per heavy atom. The Bertz CT molecular complexity index is 553. The van der Waals surface area contributed by atoms with Crippen molar-refractivity contribution in [1.29, 1.82) is 0 Å². The minimum atomic E-state index is 0.0914. The fourth-order valence-electron chi connectivity index (χ4n) is 2.47. The van der Waals surface area contributed by atoms with Gasteiger partial charge in [0.25, 0.3) is 5.91 Å². The van der Waals surface area contributed by atoms with Crippen molar-refractivity contribution in [3.63, 3.8) is 0 Å². The molecule has 4 heteroatoms. The van der Waals surface area contributed by atoms with Gasteiger partial charge in [0.05, 0.1) is 18.3 Å². The summed E-state index contributed by atoms with van der Waals surface area (Å²) in [5.41, 5.74) is 2.04. The number of hydrogen-bond acceptors (Lipinski definition) is 3. The molecule has 2 aromatic rings. The van der Waals surface area contributed by atoms with E-state index in [4.69, 9.17) is 4.74 Å². The van der Waals surface area contributed by atoms with E-state index >= 15 is 0 Å². The summed E-state index contributed by atoms with van der Waals surface area (Å²) in [5, 5.41) is 3.85. The minimum Gasteiger partial charge on any atom is -0.374 e. The molecule has 1 aliphatic rings. The summed E-state index contributed by atoms with van der Waals surface area (Å²) < 4.78 is 5.79. The average Bonchev–Trinajstić information content (AvgIpc) is 3.02. The Balaban J connectivity index is 1.63. The third-order valence-corrected chi connectivity index (χ3v) is 4.18. The Kier molecular flexibility index (Phi) is 4.14. The lowest BCUT2D eigenvalue weighted by Crippen LogP contribution is -2.46. The van der Waals surface area contributed by atoms with Gasteiger partial charge in [0.2, 0.25) is 0 Å². The van der Waals surface area contributed by atoms with E-state index in [-0.39, 0.29) is 12.0 Å². The van der Waals surface area contributed by atoms with Gasteiger partial charge in [-0.05, 0) is 17.0 Å². The molecule has 0 unspecified atom stereocenters. The maximum absolute atomic E-state index is 12.3. The number of rotatable bonds is 3. The van der Waals surface area contributed by atoms with Crippen molar-refractivity contribution >= 4 is 17.2 Å². The fraction of sp³-hybridized carbons (Fsp3) is 0.312. The van der Waals surface area contributed by atoms with Crippen molar-refractivity contribution in [1.82, 2.24) is 4.90 Å². The third kappa shape index (κ3) is 3.08. The van der Waals surface area contributed by atoms with Crippen molar-refractivity contribution in [3.05, 3.63) is 58.3 Å². The molecule has 1 aromatic carbocycles. The van der Waals surface area contributed by atoms with E-state index in [1.807, 2.05) is 39.9 Å². The van der Waals surface area contributed by atoms with Crippen LogP contribution in [-0.2, 0) is 11.2 Å². The molecule has 1 saturated heterocycles. The molecule has 1 aromatic heterocycles. The van der Waals surface area contributed by atoms with Gasteiger partial charge in [0.15, 0.2) is 0 Å². The summed E-state index contributed by atoms with van der Waals surface area (Å²) in [6.45, 7) is 1.97. The van der Waals surface area contributed by atoms with E-state index in [9.17, 15) is 4.79 Å². The Morgan fingerprint density at radius 2 is 2.15 bits per heavy atom. The molecule has 2 heterocycles. The highest BCUT2D eigenvalue weighted by atomic mass is 32.1. The van der Waals surface area contributed by atoms with Crippen LogP contribution in [0.15, 0.2) is 47.2 Å². The van der Waals surface area contributed by atoms with Gasteiger partial charge in [0.1, 0.15) is 0 Å². The van der Waals surface area contributed by atoms with Gasteiger partial charge < -0.3 is 9.64 Å². The number of morpholine rings is 1. The molecule has 1 amide bonds. The molecule has 0 saturated carbocycles. The second kappa shape index (κ2) is 6.20. The first-order valence-electron chi connectivity index (χ1n) is 6.80. The van der Waals surface area contributed by atoms with Crippen molar-refractivity contribution in [2.75, 3.05) is 19.7 Å². The highest BCUT2D eigenvalue weighted by Crippen LogP contribution is 2.15. The quantitative estimate of drug-likeness (QED) is 0.869. The number of ether oxygens (including phenoxy) is 1. The highest BCUT2D eigenvalue weighted by molar-refractivity contribution is 7.08. The van der Waals surface area contributed by atoms with Crippen LogP contribution in [0.25, 0.3) is 0 Å². The minimum absolute atomic E-state index is 0.0914. The van der Waals surface area contributed by atoms with E-state index in [1.165, 1.54) is 5.56 Å². The lowest BCUT2D eigenvalue weighted by molar-refractivity contribution is -0.0208. The summed E-state index contributed by atoms with van der Waals surface area (Å²) in [5.74, 6) is 0.118. The Morgan fingerprint density at radius 1 is 1.30 bits per heavy atom. The third-order valence-electron chi connectivity index (χ3n) is 3.50. The highest BCUT2D eigenvalue weighted by Gasteiger charge is 2.25. The predicted molar refractivity (Wildman–Crippen MR) is 80.1 cm³/mol. The smallest absolute Gasteiger partial charge is 0.254 e. The lowest BCUT2D eigenvalue weighted by Gasteiger charge is -2.33. The molecule has 1 aliphatic heterocycles. The van der Waals surface area contributed by atoms with Gasteiger partial charge in [-0.25, -0.2) is 0 Å². The second-order valence-corrected chi connectivity index (χ2v) is 5.73. The van der Waals surface area contributed by atoms with E-state index in [0.717, 1.165) is 12.0 Å². The molecular formula is C16H17NO2S. The monoisotopic (exact) mass is 287 g/mol. The van der Waals surface area contributed by atoms with E-state index in [2.05, 4.69) is 12.1 Å². The zero-order chi connectivity index (χ0) is 13.8. The van der Waals surface area contributed by atoms with Crippen molar-refractivity contribution in [2.24, 2.45) is 0 Å². The predicted octanol–water partition coefficient (Wildman–Crippen LogP) is 2.83. The summed E-state index contributed by atoms with van der Waals surface area (Å²) >= 11 is 1.56. The molecule has 0 bridgehead atoms. The average molecular weight is 287 g/mol. The number of hydrogen-bond donors (Lipinski definition) is 0. The van der Waals surface area contributed by atoms with E-state index in [0.29, 0.717) is 19.7 Å². The normalized spacial score (nSPS) is 19.0. The van der Waals surface area contributed by atoms with Crippen LogP contribution in [-0.4, -0.2) is 36.6 Å². The van der Waals surface area contributed by atoms with Gasteiger partial charge in [-0.3, -0.25) is 4.79 Å². The van der Waals surface area contributed by atoms with Crippen molar-refractivity contribution in [2.45, 2.75) is 12.5 Å². The molecule has 20 heavy (non-hydrogen) atoms. The molecule has 3 rings (SSSR count). The van der Waals surface area contributed by atoms with Crippen LogP contribution in [0.3, 0.4) is 0 Å². The Hall–Kier alpha value is -1.65. The molecule has 0 spiro atoms. The first-order chi connectivity index (χ1) is 9.83. The van der Waals surface area contributed by atoms with Crippen LogP contribution < -0.4 is 0 Å². The van der Waals surface area contributed by atoms with Gasteiger partial charge in [-0.15, -0.1) is 0 Å². The van der Waals surface area contributed by atoms with Crippen molar-refractivity contribution in [3.8, 4) is 0 Å². The van der Waals surface area contributed by atoms with Crippen LogP contribution in [0.2, 0.25) is 0 Å². The number of nitrogens with zero attached hydrogens (tertiary/aromatic N) is 1. The summed E-state index contributed by atoms with van der Waals surface area (Å²) in [7, 11) is 0. The maximum atomic E-state index is 12.3. The summed E-state index contributed by atoms with van der Waals surface area (Å²) in [4.78, 5) is 14.2. The van der Waals surface area contributed by atoms with Crippen LogP contribution in [0, 0.1) is 0 Å².